The molecular formula is C14H21ClN4O2. The van der Waals surface area contributed by atoms with Crippen LogP contribution in [0.4, 0.5) is 11.5 Å². The number of rotatable bonds is 6. The van der Waals surface area contributed by atoms with Crippen molar-refractivity contribution in [2.75, 3.05) is 25.0 Å². The van der Waals surface area contributed by atoms with Gasteiger partial charge in [-0.2, -0.15) is 0 Å². The van der Waals surface area contributed by atoms with E-state index in [-0.39, 0.29) is 16.5 Å². The minimum absolute atomic E-state index is 0.0751. The number of anilines is 1. The Bertz CT molecular complexity index is 498. The molecule has 0 bridgehead atoms. The quantitative estimate of drug-likeness (QED) is 0.495. The molecule has 1 aromatic heterocycles. The maximum Gasteiger partial charge on any atom is 0.312 e. The Morgan fingerprint density at radius 3 is 3.10 bits per heavy atom. The molecule has 0 spiro atoms. The lowest BCUT2D eigenvalue weighted by molar-refractivity contribution is -0.384. The molecule has 1 aromatic rings. The van der Waals surface area contributed by atoms with Crippen molar-refractivity contribution in [3.8, 4) is 0 Å². The van der Waals surface area contributed by atoms with Crippen LogP contribution in [0.1, 0.15) is 32.6 Å². The monoisotopic (exact) mass is 312 g/mol. The second kappa shape index (κ2) is 7.56. The highest BCUT2D eigenvalue weighted by Gasteiger charge is 2.18. The van der Waals surface area contributed by atoms with E-state index in [4.69, 9.17) is 11.6 Å². The van der Waals surface area contributed by atoms with Gasteiger partial charge in [0.2, 0.25) is 5.82 Å². The van der Waals surface area contributed by atoms with Gasteiger partial charge in [-0.25, -0.2) is 4.98 Å². The maximum absolute atomic E-state index is 11.0. The van der Waals surface area contributed by atoms with E-state index in [1.807, 2.05) is 0 Å². The fourth-order valence-electron chi connectivity index (χ4n) is 2.68. The van der Waals surface area contributed by atoms with Gasteiger partial charge in [0.05, 0.1) is 9.95 Å². The molecule has 7 heteroatoms. The third-order valence-corrected chi connectivity index (χ3v) is 4.09. The third-order valence-electron chi connectivity index (χ3n) is 3.89. The summed E-state index contributed by atoms with van der Waals surface area (Å²) in [6, 6.07) is 1.96. The molecule has 1 saturated heterocycles. The molecule has 0 aromatic carbocycles. The molecule has 6 nitrogen and oxygen atoms in total. The van der Waals surface area contributed by atoms with Crippen molar-refractivity contribution in [1.82, 2.24) is 9.88 Å². The van der Waals surface area contributed by atoms with Gasteiger partial charge in [-0.15, -0.1) is 0 Å². The SMILES string of the molecule is CC1CCCCN1CCCNc1ncc(Cl)cc1[N+](=O)[O-]. The number of piperidine rings is 1. The molecule has 2 rings (SSSR count). The number of hydrogen-bond donors (Lipinski definition) is 1. The van der Waals surface area contributed by atoms with E-state index >= 15 is 0 Å². The predicted octanol–water partition coefficient (Wildman–Crippen LogP) is 3.32. The molecule has 0 amide bonds. The number of hydrogen-bond acceptors (Lipinski definition) is 5. The smallest absolute Gasteiger partial charge is 0.312 e. The van der Waals surface area contributed by atoms with Gasteiger partial charge in [0.15, 0.2) is 0 Å². The van der Waals surface area contributed by atoms with Crippen LogP contribution in [0.5, 0.6) is 0 Å². The maximum atomic E-state index is 11.0. The Hall–Kier alpha value is -1.40. The van der Waals surface area contributed by atoms with Crippen molar-refractivity contribution in [2.24, 2.45) is 0 Å². The molecule has 0 saturated carbocycles. The van der Waals surface area contributed by atoms with E-state index < -0.39 is 4.92 Å². The number of nitro groups is 1. The third kappa shape index (κ3) is 4.54. The van der Waals surface area contributed by atoms with Gasteiger partial charge in [-0.3, -0.25) is 10.1 Å². The number of halogens is 1. The van der Waals surface area contributed by atoms with Crippen LogP contribution in [0.25, 0.3) is 0 Å². The molecule has 116 valence electrons. The summed E-state index contributed by atoms with van der Waals surface area (Å²) in [6.45, 7) is 5.09. The van der Waals surface area contributed by atoms with Crippen LogP contribution in [0.15, 0.2) is 12.3 Å². The van der Waals surface area contributed by atoms with Crippen LogP contribution in [-0.4, -0.2) is 40.5 Å². The molecule has 2 heterocycles. The fraction of sp³-hybridized carbons (Fsp3) is 0.643. The van der Waals surface area contributed by atoms with Crippen molar-refractivity contribution in [1.29, 1.82) is 0 Å². The zero-order valence-corrected chi connectivity index (χ0v) is 13.0. The highest BCUT2D eigenvalue weighted by atomic mass is 35.5. The number of aromatic nitrogens is 1. The molecule has 1 atom stereocenters. The summed E-state index contributed by atoms with van der Waals surface area (Å²) in [6.07, 6.45) is 6.20. The summed E-state index contributed by atoms with van der Waals surface area (Å²) in [5.74, 6) is 0.288. The van der Waals surface area contributed by atoms with Gasteiger partial charge in [-0.05, 0) is 32.7 Å². The lowest BCUT2D eigenvalue weighted by atomic mass is 10.0. The average molecular weight is 313 g/mol. The van der Waals surface area contributed by atoms with Gasteiger partial charge in [-0.1, -0.05) is 18.0 Å². The van der Waals surface area contributed by atoms with Crippen molar-refractivity contribution in [3.05, 3.63) is 27.4 Å². The minimum Gasteiger partial charge on any atom is -0.364 e. The van der Waals surface area contributed by atoms with E-state index in [2.05, 4.69) is 22.1 Å². The van der Waals surface area contributed by atoms with Gasteiger partial charge < -0.3 is 10.2 Å². The Morgan fingerprint density at radius 1 is 1.57 bits per heavy atom. The van der Waals surface area contributed by atoms with Crippen LogP contribution < -0.4 is 5.32 Å². The second-order valence-electron chi connectivity index (χ2n) is 5.44. The first-order chi connectivity index (χ1) is 10.1. The van der Waals surface area contributed by atoms with Gasteiger partial charge in [0.1, 0.15) is 0 Å². The summed E-state index contributed by atoms with van der Waals surface area (Å²) in [5, 5.41) is 14.3. The number of likely N-dealkylation sites (tertiary alicyclic amines) is 1. The normalized spacial score (nSPS) is 19.4. The van der Waals surface area contributed by atoms with Crippen LogP contribution in [0, 0.1) is 10.1 Å². The zero-order chi connectivity index (χ0) is 15.2. The molecule has 0 radical (unpaired) electrons. The molecule has 1 unspecified atom stereocenters. The molecule has 0 aliphatic carbocycles. The molecule has 21 heavy (non-hydrogen) atoms. The Morgan fingerprint density at radius 2 is 2.38 bits per heavy atom. The molecule has 1 fully saturated rings. The largest absolute Gasteiger partial charge is 0.364 e. The fourth-order valence-corrected chi connectivity index (χ4v) is 2.83. The molecule has 1 N–H and O–H groups in total. The summed E-state index contributed by atoms with van der Waals surface area (Å²) >= 11 is 5.74. The van der Waals surface area contributed by atoms with Gasteiger partial charge in [0.25, 0.3) is 0 Å². The first kappa shape index (κ1) is 16.0. The van der Waals surface area contributed by atoms with Crippen molar-refractivity contribution in [2.45, 2.75) is 38.6 Å². The number of pyridine rings is 1. The lowest BCUT2D eigenvalue weighted by Crippen LogP contribution is -2.38. The van der Waals surface area contributed by atoms with Crippen LogP contribution in [-0.2, 0) is 0 Å². The molecular weight excluding hydrogens is 292 g/mol. The zero-order valence-electron chi connectivity index (χ0n) is 12.2. The van der Waals surface area contributed by atoms with Gasteiger partial charge >= 0.3 is 5.69 Å². The summed E-state index contributed by atoms with van der Waals surface area (Å²) in [7, 11) is 0. The predicted molar refractivity (Wildman–Crippen MR) is 83.9 cm³/mol. The lowest BCUT2D eigenvalue weighted by Gasteiger charge is -2.33. The molecule has 1 aliphatic heterocycles. The summed E-state index contributed by atoms with van der Waals surface area (Å²) in [5.41, 5.74) is -0.0751. The van der Waals surface area contributed by atoms with Crippen LogP contribution >= 0.6 is 11.6 Å². The minimum atomic E-state index is -0.464. The van der Waals surface area contributed by atoms with Crippen molar-refractivity contribution < 1.29 is 4.92 Å². The molecule has 1 aliphatic rings. The standard InChI is InChI=1S/C14H21ClN4O2/c1-11-5-2-3-7-18(11)8-4-6-16-14-13(19(20)21)9-12(15)10-17-14/h9-11H,2-8H2,1H3,(H,16,17). The number of nitrogens with zero attached hydrogens (tertiary/aromatic N) is 3. The highest BCUT2D eigenvalue weighted by molar-refractivity contribution is 6.30. The van der Waals surface area contributed by atoms with E-state index in [0.29, 0.717) is 12.6 Å². The van der Waals surface area contributed by atoms with E-state index in [1.165, 1.54) is 31.5 Å². The second-order valence-corrected chi connectivity index (χ2v) is 5.88. The van der Waals surface area contributed by atoms with Crippen molar-refractivity contribution >= 4 is 23.1 Å². The van der Waals surface area contributed by atoms with Crippen LogP contribution in [0.3, 0.4) is 0 Å². The first-order valence-corrected chi connectivity index (χ1v) is 7.73. The Labute approximate surface area is 129 Å². The summed E-state index contributed by atoms with van der Waals surface area (Å²) < 4.78 is 0. The Kier molecular flexibility index (Phi) is 5.76. The van der Waals surface area contributed by atoms with E-state index in [9.17, 15) is 10.1 Å². The van der Waals surface area contributed by atoms with E-state index in [0.717, 1.165) is 19.5 Å². The first-order valence-electron chi connectivity index (χ1n) is 7.36. The highest BCUT2D eigenvalue weighted by Crippen LogP contribution is 2.25. The van der Waals surface area contributed by atoms with Gasteiger partial charge in [0, 0.05) is 31.4 Å². The number of nitrogens with one attached hydrogen (secondary N) is 1. The topological polar surface area (TPSA) is 71.3 Å². The summed E-state index contributed by atoms with van der Waals surface area (Å²) in [4.78, 5) is 17.0. The average Bonchev–Trinajstić information content (AvgIpc) is 2.46. The van der Waals surface area contributed by atoms with E-state index in [1.54, 1.807) is 0 Å². The Balaban J connectivity index is 1.82. The van der Waals surface area contributed by atoms with Crippen LogP contribution in [0.2, 0.25) is 5.02 Å². The van der Waals surface area contributed by atoms with Crippen molar-refractivity contribution in [3.63, 3.8) is 0 Å².